The van der Waals surface area contributed by atoms with Gasteiger partial charge in [0.1, 0.15) is 0 Å². The average molecular weight is 287 g/mol. The molecule has 1 N–H and O–H groups in total. The zero-order valence-electron chi connectivity index (χ0n) is 11.6. The van der Waals surface area contributed by atoms with Gasteiger partial charge in [-0.05, 0) is 30.5 Å². The fourth-order valence-electron chi connectivity index (χ4n) is 2.56. The van der Waals surface area contributed by atoms with Crippen LogP contribution in [0, 0.1) is 0 Å². The highest BCUT2D eigenvalue weighted by atomic mass is 16.5. The van der Waals surface area contributed by atoms with Crippen molar-refractivity contribution >= 4 is 5.97 Å². The van der Waals surface area contributed by atoms with E-state index in [1.165, 1.54) is 0 Å². The molecule has 2 aromatic rings. The Morgan fingerprint density at radius 2 is 2.19 bits per heavy atom. The third-order valence-corrected chi connectivity index (χ3v) is 3.71. The molecule has 1 saturated heterocycles. The number of carboxylic acids is 1. The zero-order chi connectivity index (χ0) is 14.7. The van der Waals surface area contributed by atoms with Crippen LogP contribution in [0.3, 0.4) is 0 Å². The number of aromatic nitrogens is 3. The summed E-state index contributed by atoms with van der Waals surface area (Å²) in [6.07, 6.45) is 3.91. The van der Waals surface area contributed by atoms with Crippen LogP contribution in [0.4, 0.5) is 0 Å². The molecule has 1 aliphatic rings. The molecule has 0 bridgehead atoms. The fourth-order valence-corrected chi connectivity index (χ4v) is 2.56. The van der Waals surface area contributed by atoms with E-state index in [0.29, 0.717) is 12.5 Å². The van der Waals surface area contributed by atoms with Gasteiger partial charge in [0.05, 0.1) is 17.8 Å². The SMILES string of the molecule is O=C(O)c1cccc(Cn2cc(C3CCOCC3)nn2)c1. The zero-order valence-corrected chi connectivity index (χ0v) is 11.6. The number of rotatable bonds is 4. The fraction of sp³-hybridized carbons (Fsp3) is 0.400. The van der Waals surface area contributed by atoms with E-state index in [2.05, 4.69) is 10.3 Å². The predicted octanol–water partition coefficient (Wildman–Crippen LogP) is 1.92. The van der Waals surface area contributed by atoms with Crippen molar-refractivity contribution in [1.82, 2.24) is 15.0 Å². The van der Waals surface area contributed by atoms with Crippen LogP contribution < -0.4 is 0 Å². The molecule has 0 atom stereocenters. The van der Waals surface area contributed by atoms with Crippen LogP contribution in [0.2, 0.25) is 0 Å². The molecule has 0 amide bonds. The molecule has 110 valence electrons. The number of aromatic carboxylic acids is 1. The molecule has 3 rings (SSSR count). The monoisotopic (exact) mass is 287 g/mol. The van der Waals surface area contributed by atoms with Crippen LogP contribution >= 0.6 is 0 Å². The lowest BCUT2D eigenvalue weighted by molar-refractivity contribution is 0.0696. The predicted molar refractivity (Wildman–Crippen MR) is 75.3 cm³/mol. The molecule has 1 aromatic carbocycles. The molecule has 2 heterocycles. The summed E-state index contributed by atoms with van der Waals surface area (Å²) in [6.45, 7) is 2.08. The second-order valence-electron chi connectivity index (χ2n) is 5.23. The van der Waals surface area contributed by atoms with Crippen LogP contribution in [0.1, 0.15) is 40.4 Å². The Hall–Kier alpha value is -2.21. The second-order valence-corrected chi connectivity index (χ2v) is 5.23. The highest BCUT2D eigenvalue weighted by molar-refractivity contribution is 5.87. The Morgan fingerprint density at radius 3 is 2.95 bits per heavy atom. The van der Waals surface area contributed by atoms with Crippen molar-refractivity contribution in [3.8, 4) is 0 Å². The van der Waals surface area contributed by atoms with Gasteiger partial charge in [0, 0.05) is 25.3 Å². The summed E-state index contributed by atoms with van der Waals surface area (Å²) >= 11 is 0. The van der Waals surface area contributed by atoms with Crippen molar-refractivity contribution in [2.45, 2.75) is 25.3 Å². The van der Waals surface area contributed by atoms with Gasteiger partial charge in [-0.3, -0.25) is 0 Å². The normalized spacial score (nSPS) is 16.0. The summed E-state index contributed by atoms with van der Waals surface area (Å²) < 4.78 is 7.10. The van der Waals surface area contributed by atoms with E-state index in [0.717, 1.165) is 37.3 Å². The van der Waals surface area contributed by atoms with Crippen molar-refractivity contribution in [3.63, 3.8) is 0 Å². The summed E-state index contributed by atoms with van der Waals surface area (Å²) in [7, 11) is 0. The number of carbonyl (C=O) groups is 1. The molecule has 6 heteroatoms. The minimum Gasteiger partial charge on any atom is -0.478 e. The minimum absolute atomic E-state index is 0.289. The van der Waals surface area contributed by atoms with Crippen LogP contribution in [0.25, 0.3) is 0 Å². The molecular weight excluding hydrogens is 270 g/mol. The lowest BCUT2D eigenvalue weighted by Gasteiger charge is -2.19. The maximum Gasteiger partial charge on any atom is 0.335 e. The summed E-state index contributed by atoms with van der Waals surface area (Å²) in [5.41, 5.74) is 2.18. The number of nitrogens with zero attached hydrogens (tertiary/aromatic N) is 3. The largest absolute Gasteiger partial charge is 0.478 e. The van der Waals surface area contributed by atoms with Gasteiger partial charge < -0.3 is 9.84 Å². The maximum atomic E-state index is 11.0. The van der Waals surface area contributed by atoms with Gasteiger partial charge in [-0.2, -0.15) is 0 Å². The van der Waals surface area contributed by atoms with Crippen LogP contribution in [0.5, 0.6) is 0 Å². The van der Waals surface area contributed by atoms with Crippen molar-refractivity contribution < 1.29 is 14.6 Å². The molecule has 0 spiro atoms. The van der Waals surface area contributed by atoms with Gasteiger partial charge in [-0.15, -0.1) is 5.10 Å². The van der Waals surface area contributed by atoms with Gasteiger partial charge in [0.2, 0.25) is 0 Å². The van der Waals surface area contributed by atoms with E-state index in [9.17, 15) is 4.79 Å². The highest BCUT2D eigenvalue weighted by Crippen LogP contribution is 2.24. The highest BCUT2D eigenvalue weighted by Gasteiger charge is 2.19. The average Bonchev–Trinajstić information content (AvgIpc) is 2.97. The first-order chi connectivity index (χ1) is 10.2. The third kappa shape index (κ3) is 3.28. The smallest absolute Gasteiger partial charge is 0.335 e. The molecule has 0 aliphatic carbocycles. The summed E-state index contributed by atoms with van der Waals surface area (Å²) in [4.78, 5) is 11.0. The topological polar surface area (TPSA) is 77.2 Å². The molecule has 6 nitrogen and oxygen atoms in total. The molecule has 0 radical (unpaired) electrons. The number of ether oxygens (including phenoxy) is 1. The van der Waals surface area contributed by atoms with Gasteiger partial charge in [0.15, 0.2) is 0 Å². The molecule has 0 unspecified atom stereocenters. The van der Waals surface area contributed by atoms with E-state index in [-0.39, 0.29) is 5.56 Å². The maximum absolute atomic E-state index is 11.0. The number of carboxylic acid groups (broad SMARTS) is 1. The molecule has 0 saturated carbocycles. The first-order valence-electron chi connectivity index (χ1n) is 7.02. The van der Waals surface area contributed by atoms with Crippen molar-refractivity contribution in [2.75, 3.05) is 13.2 Å². The van der Waals surface area contributed by atoms with Gasteiger partial charge in [-0.25, -0.2) is 9.48 Å². The first kappa shape index (κ1) is 13.8. The van der Waals surface area contributed by atoms with E-state index in [4.69, 9.17) is 9.84 Å². The second kappa shape index (κ2) is 6.05. The molecule has 1 fully saturated rings. The number of hydrogen-bond acceptors (Lipinski definition) is 4. The van der Waals surface area contributed by atoms with Crippen molar-refractivity contribution in [3.05, 3.63) is 47.3 Å². The van der Waals surface area contributed by atoms with Crippen LogP contribution in [0.15, 0.2) is 30.5 Å². The van der Waals surface area contributed by atoms with Gasteiger partial charge in [0.25, 0.3) is 0 Å². The Labute approximate surface area is 122 Å². The Bertz CT molecular complexity index is 633. The van der Waals surface area contributed by atoms with Crippen molar-refractivity contribution in [1.29, 1.82) is 0 Å². The lowest BCUT2D eigenvalue weighted by atomic mass is 9.97. The Balaban J connectivity index is 1.72. The summed E-state index contributed by atoms with van der Waals surface area (Å²) in [5.74, 6) is -0.504. The standard InChI is InChI=1S/C15H17N3O3/c19-15(20)13-3-1-2-11(8-13)9-18-10-14(16-17-18)12-4-6-21-7-5-12/h1-3,8,10,12H,4-7,9H2,(H,19,20). The quantitative estimate of drug-likeness (QED) is 0.929. The third-order valence-electron chi connectivity index (χ3n) is 3.71. The van der Waals surface area contributed by atoms with E-state index >= 15 is 0 Å². The number of hydrogen-bond donors (Lipinski definition) is 1. The minimum atomic E-state index is -0.918. The van der Waals surface area contributed by atoms with Crippen LogP contribution in [-0.2, 0) is 11.3 Å². The summed E-state index contributed by atoms with van der Waals surface area (Å²) in [5, 5.41) is 17.4. The van der Waals surface area contributed by atoms with E-state index in [1.807, 2.05) is 12.3 Å². The van der Waals surface area contributed by atoms with E-state index < -0.39 is 5.97 Å². The molecule has 21 heavy (non-hydrogen) atoms. The van der Waals surface area contributed by atoms with Crippen LogP contribution in [-0.4, -0.2) is 39.3 Å². The lowest BCUT2D eigenvalue weighted by Crippen LogP contribution is -2.14. The first-order valence-corrected chi connectivity index (χ1v) is 7.02. The summed E-state index contributed by atoms with van der Waals surface area (Å²) in [6, 6.07) is 6.89. The van der Waals surface area contributed by atoms with Gasteiger partial charge >= 0.3 is 5.97 Å². The van der Waals surface area contributed by atoms with Gasteiger partial charge in [-0.1, -0.05) is 17.3 Å². The Morgan fingerprint density at radius 1 is 1.38 bits per heavy atom. The van der Waals surface area contributed by atoms with E-state index in [1.54, 1.807) is 22.9 Å². The molecular formula is C15H17N3O3. The van der Waals surface area contributed by atoms with Crippen molar-refractivity contribution in [2.24, 2.45) is 0 Å². The number of benzene rings is 1. The molecule has 1 aliphatic heterocycles. The molecule has 1 aromatic heterocycles. The Kier molecular flexibility index (Phi) is 3.96.